The number of rotatable bonds is 9. The Kier molecular flexibility index (Phi) is 8.28. The molecular weight excluding hydrogens is 460 g/mol. The fraction of sp³-hybridized carbons (Fsp3) is 0.429. The molecule has 8 heteroatoms. The van der Waals surface area contributed by atoms with Crippen LogP contribution in [0.15, 0.2) is 48.0 Å². The van der Waals surface area contributed by atoms with Crippen molar-refractivity contribution in [2.45, 2.75) is 26.3 Å². The fourth-order valence-corrected chi connectivity index (χ4v) is 4.84. The Hall–Kier alpha value is -3.36. The van der Waals surface area contributed by atoms with Crippen LogP contribution in [0, 0.1) is 6.92 Å². The van der Waals surface area contributed by atoms with Crippen LogP contribution in [-0.2, 0) is 14.3 Å². The number of aryl methyl sites for hydroxylation is 1. The van der Waals surface area contributed by atoms with E-state index >= 15 is 0 Å². The van der Waals surface area contributed by atoms with Crippen molar-refractivity contribution < 1.29 is 28.9 Å². The summed E-state index contributed by atoms with van der Waals surface area (Å²) < 4.78 is 16.3. The molecule has 0 aliphatic carbocycles. The third-order valence-electron chi connectivity index (χ3n) is 6.69. The molecule has 0 bridgehead atoms. The fourth-order valence-electron chi connectivity index (χ4n) is 4.84. The number of benzene rings is 2. The number of aliphatic hydroxyl groups excluding tert-OH is 1. The lowest BCUT2D eigenvalue weighted by Crippen LogP contribution is -2.38. The molecule has 0 spiro atoms. The minimum absolute atomic E-state index is 0.0973. The molecule has 1 N–H and O–H groups in total. The van der Waals surface area contributed by atoms with Crippen LogP contribution in [0.4, 0.5) is 0 Å². The van der Waals surface area contributed by atoms with Gasteiger partial charge >= 0.3 is 0 Å². The van der Waals surface area contributed by atoms with Gasteiger partial charge in [-0.3, -0.25) is 14.5 Å². The maximum atomic E-state index is 13.3. The Morgan fingerprint density at radius 1 is 1.08 bits per heavy atom. The molecule has 1 amide bonds. The summed E-state index contributed by atoms with van der Waals surface area (Å²) in [5.41, 5.74) is 2.13. The minimum Gasteiger partial charge on any atom is -0.507 e. The average Bonchev–Trinajstić information content (AvgIpc) is 3.14. The van der Waals surface area contributed by atoms with E-state index in [0.717, 1.165) is 30.8 Å². The van der Waals surface area contributed by atoms with Gasteiger partial charge in [-0.15, -0.1) is 0 Å². The molecule has 192 valence electrons. The Bertz CT molecular complexity index is 1120. The van der Waals surface area contributed by atoms with E-state index in [0.29, 0.717) is 49.8 Å². The number of morpholine rings is 1. The molecule has 2 aromatic rings. The first kappa shape index (κ1) is 25.7. The zero-order valence-electron chi connectivity index (χ0n) is 21.2. The summed E-state index contributed by atoms with van der Waals surface area (Å²) >= 11 is 0. The van der Waals surface area contributed by atoms with E-state index in [9.17, 15) is 14.7 Å². The van der Waals surface area contributed by atoms with Gasteiger partial charge < -0.3 is 24.2 Å². The first-order valence-electron chi connectivity index (χ1n) is 12.4. The quantitative estimate of drug-likeness (QED) is 0.324. The molecule has 0 aromatic heterocycles. The van der Waals surface area contributed by atoms with Gasteiger partial charge in [-0.1, -0.05) is 12.1 Å². The molecule has 2 fully saturated rings. The number of nitrogens with zero attached hydrogens (tertiary/aromatic N) is 2. The van der Waals surface area contributed by atoms with Crippen LogP contribution in [0.25, 0.3) is 5.76 Å². The van der Waals surface area contributed by atoms with Gasteiger partial charge in [-0.05, 0) is 61.7 Å². The van der Waals surface area contributed by atoms with Crippen LogP contribution in [0.3, 0.4) is 0 Å². The summed E-state index contributed by atoms with van der Waals surface area (Å²) in [6.07, 6.45) is 0.711. The van der Waals surface area contributed by atoms with Crippen molar-refractivity contribution in [3.63, 3.8) is 0 Å². The molecule has 8 nitrogen and oxygen atoms in total. The number of ketones is 1. The van der Waals surface area contributed by atoms with Crippen molar-refractivity contribution in [1.29, 1.82) is 0 Å². The van der Waals surface area contributed by atoms with E-state index in [1.54, 1.807) is 30.2 Å². The van der Waals surface area contributed by atoms with Crippen LogP contribution in [-0.4, -0.2) is 79.7 Å². The van der Waals surface area contributed by atoms with E-state index in [4.69, 9.17) is 14.2 Å². The van der Waals surface area contributed by atoms with Crippen molar-refractivity contribution in [3.8, 4) is 11.5 Å². The molecule has 0 saturated carbocycles. The molecule has 2 aromatic carbocycles. The normalized spacial score (nSPS) is 20.1. The van der Waals surface area contributed by atoms with E-state index < -0.39 is 17.7 Å². The number of hydrogen-bond donors (Lipinski definition) is 1. The highest BCUT2D eigenvalue weighted by molar-refractivity contribution is 6.46. The summed E-state index contributed by atoms with van der Waals surface area (Å²) in [6.45, 7) is 8.65. The lowest BCUT2D eigenvalue weighted by molar-refractivity contribution is -0.140. The summed E-state index contributed by atoms with van der Waals surface area (Å²) in [5, 5.41) is 11.3. The molecule has 0 unspecified atom stereocenters. The van der Waals surface area contributed by atoms with Gasteiger partial charge in [0.15, 0.2) is 0 Å². The number of Topliss-reactive ketones (excluding diaryl/α,β-unsaturated/α-hetero) is 1. The van der Waals surface area contributed by atoms with Gasteiger partial charge in [0.25, 0.3) is 11.7 Å². The highest BCUT2D eigenvalue weighted by atomic mass is 16.5. The second-order valence-corrected chi connectivity index (χ2v) is 8.99. The Morgan fingerprint density at radius 2 is 1.81 bits per heavy atom. The van der Waals surface area contributed by atoms with Gasteiger partial charge in [0.05, 0.1) is 38.5 Å². The molecule has 0 radical (unpaired) electrons. The van der Waals surface area contributed by atoms with Crippen molar-refractivity contribution in [1.82, 2.24) is 9.80 Å². The van der Waals surface area contributed by atoms with Crippen molar-refractivity contribution in [2.75, 3.05) is 53.1 Å². The highest BCUT2D eigenvalue weighted by Crippen LogP contribution is 2.40. The van der Waals surface area contributed by atoms with Gasteiger partial charge in [0, 0.05) is 31.7 Å². The summed E-state index contributed by atoms with van der Waals surface area (Å²) in [4.78, 5) is 30.4. The van der Waals surface area contributed by atoms with Crippen LogP contribution in [0.5, 0.6) is 11.5 Å². The monoisotopic (exact) mass is 494 g/mol. The van der Waals surface area contributed by atoms with Crippen molar-refractivity contribution >= 4 is 17.4 Å². The Morgan fingerprint density at radius 3 is 2.44 bits per heavy atom. The molecular formula is C28H34N2O6. The van der Waals surface area contributed by atoms with Crippen LogP contribution < -0.4 is 9.47 Å². The first-order chi connectivity index (χ1) is 17.4. The zero-order chi connectivity index (χ0) is 25.7. The van der Waals surface area contributed by atoms with Crippen molar-refractivity contribution in [2.24, 2.45) is 0 Å². The Labute approximate surface area is 212 Å². The van der Waals surface area contributed by atoms with E-state index in [1.807, 2.05) is 38.1 Å². The number of hydrogen-bond acceptors (Lipinski definition) is 7. The second-order valence-electron chi connectivity index (χ2n) is 8.99. The molecule has 1 atom stereocenters. The van der Waals surface area contributed by atoms with Crippen LogP contribution in [0.1, 0.15) is 36.1 Å². The number of likely N-dealkylation sites (tertiary alicyclic amines) is 1. The second kappa shape index (κ2) is 11.6. The van der Waals surface area contributed by atoms with Crippen molar-refractivity contribution in [3.05, 3.63) is 64.7 Å². The number of carbonyl (C=O) groups is 2. The molecule has 2 heterocycles. The van der Waals surface area contributed by atoms with Crippen LogP contribution in [0.2, 0.25) is 0 Å². The third kappa shape index (κ3) is 5.39. The maximum Gasteiger partial charge on any atom is 0.295 e. The number of carbonyl (C=O) groups excluding carboxylic acids is 2. The minimum atomic E-state index is -0.687. The SMILES string of the molecule is CCOc1ccc([C@@H]2/C(=C(\O)c3ccc(OC)c(C)c3)C(=O)C(=O)N2CCCN2CCOCC2)cc1. The number of amides is 1. The zero-order valence-corrected chi connectivity index (χ0v) is 21.2. The summed E-state index contributed by atoms with van der Waals surface area (Å²) in [7, 11) is 1.58. The van der Waals surface area contributed by atoms with Gasteiger partial charge in [0.2, 0.25) is 0 Å². The van der Waals surface area contributed by atoms with Crippen LogP contribution >= 0.6 is 0 Å². The number of aliphatic hydroxyl groups is 1. The van der Waals surface area contributed by atoms with E-state index in [2.05, 4.69) is 4.90 Å². The summed E-state index contributed by atoms with van der Waals surface area (Å²) in [6, 6.07) is 11.9. The molecule has 4 rings (SSSR count). The standard InChI is InChI=1S/C28H34N2O6/c1-4-36-22-9-6-20(7-10-22)25-24(26(31)21-8-11-23(34-3)19(2)18-21)27(32)28(33)30(25)13-5-12-29-14-16-35-17-15-29/h6-11,18,25,31H,4-5,12-17H2,1-3H3/b26-24+/t25-/m1/s1. The number of methoxy groups -OCH3 is 1. The molecule has 36 heavy (non-hydrogen) atoms. The van der Waals surface area contributed by atoms with Gasteiger partial charge in [0.1, 0.15) is 17.3 Å². The highest BCUT2D eigenvalue weighted by Gasteiger charge is 2.45. The average molecular weight is 495 g/mol. The molecule has 2 aliphatic rings. The molecule has 2 aliphatic heterocycles. The van der Waals surface area contributed by atoms with Gasteiger partial charge in [-0.2, -0.15) is 0 Å². The number of ether oxygens (including phenoxy) is 3. The predicted octanol–water partition coefficient (Wildman–Crippen LogP) is 3.55. The maximum absolute atomic E-state index is 13.3. The predicted molar refractivity (Wildman–Crippen MR) is 136 cm³/mol. The topological polar surface area (TPSA) is 88.5 Å². The summed E-state index contributed by atoms with van der Waals surface area (Å²) in [5.74, 6) is -0.0722. The van der Waals surface area contributed by atoms with E-state index in [-0.39, 0.29) is 11.3 Å². The lowest BCUT2D eigenvalue weighted by Gasteiger charge is -2.29. The lowest BCUT2D eigenvalue weighted by atomic mass is 9.94. The third-order valence-corrected chi connectivity index (χ3v) is 6.69. The van der Waals surface area contributed by atoms with Gasteiger partial charge in [-0.25, -0.2) is 0 Å². The smallest absolute Gasteiger partial charge is 0.295 e. The van der Waals surface area contributed by atoms with E-state index in [1.165, 1.54) is 0 Å². The largest absolute Gasteiger partial charge is 0.507 e. The molecule has 2 saturated heterocycles. The first-order valence-corrected chi connectivity index (χ1v) is 12.4. The Balaban J connectivity index is 1.68.